The van der Waals surface area contributed by atoms with E-state index in [9.17, 15) is 0 Å². The third-order valence-electron chi connectivity index (χ3n) is 2.88. The first-order valence-electron chi connectivity index (χ1n) is 6.68. The maximum atomic E-state index is 6.05. The van der Waals surface area contributed by atoms with Crippen molar-refractivity contribution in [1.82, 2.24) is 0 Å². The lowest BCUT2D eigenvalue weighted by Gasteiger charge is -2.18. The molecular formula is C15H23BrO. The van der Waals surface area contributed by atoms with Crippen LogP contribution in [0.3, 0.4) is 0 Å². The van der Waals surface area contributed by atoms with Crippen molar-refractivity contribution in [3.05, 3.63) is 28.7 Å². The van der Waals surface area contributed by atoms with E-state index in [1.807, 2.05) is 24.3 Å². The number of hydrogen-bond donors (Lipinski definition) is 0. The first-order valence-corrected chi connectivity index (χ1v) is 7.47. The fourth-order valence-electron chi connectivity index (χ4n) is 1.83. The summed E-state index contributed by atoms with van der Waals surface area (Å²) in [5, 5.41) is 0. The molecule has 0 aliphatic rings. The molecule has 96 valence electrons. The standard InChI is InChI=1S/C15H23BrO/c1-3-5-7-14(8-6-4-2)17-15-11-9-13(16)10-12-15/h9-12,14H,3-8H2,1-2H3. The number of unbranched alkanes of at least 4 members (excludes halogenated alkanes) is 2. The van der Waals surface area contributed by atoms with E-state index in [1.165, 1.54) is 38.5 Å². The molecule has 0 amide bonds. The first-order chi connectivity index (χ1) is 8.26. The lowest BCUT2D eigenvalue weighted by molar-refractivity contribution is 0.174. The zero-order chi connectivity index (χ0) is 12.5. The van der Waals surface area contributed by atoms with Gasteiger partial charge in [0, 0.05) is 4.47 Å². The molecule has 1 aromatic rings. The van der Waals surface area contributed by atoms with Gasteiger partial charge >= 0.3 is 0 Å². The Morgan fingerprint density at radius 2 is 1.53 bits per heavy atom. The molecule has 0 bridgehead atoms. The van der Waals surface area contributed by atoms with E-state index in [-0.39, 0.29) is 0 Å². The van der Waals surface area contributed by atoms with Gasteiger partial charge in [-0.15, -0.1) is 0 Å². The number of benzene rings is 1. The van der Waals surface area contributed by atoms with E-state index in [4.69, 9.17) is 4.74 Å². The van der Waals surface area contributed by atoms with Crippen LogP contribution in [0.1, 0.15) is 52.4 Å². The molecule has 1 aromatic carbocycles. The summed E-state index contributed by atoms with van der Waals surface area (Å²) < 4.78 is 7.15. The predicted molar refractivity (Wildman–Crippen MR) is 77.6 cm³/mol. The van der Waals surface area contributed by atoms with Crippen LogP contribution in [0.4, 0.5) is 0 Å². The summed E-state index contributed by atoms with van der Waals surface area (Å²) in [5.41, 5.74) is 0. The largest absolute Gasteiger partial charge is 0.490 e. The van der Waals surface area contributed by atoms with Crippen LogP contribution in [0.2, 0.25) is 0 Å². The Morgan fingerprint density at radius 1 is 1.00 bits per heavy atom. The summed E-state index contributed by atoms with van der Waals surface area (Å²) in [6, 6.07) is 8.14. The summed E-state index contributed by atoms with van der Waals surface area (Å²) in [5.74, 6) is 0.991. The smallest absolute Gasteiger partial charge is 0.119 e. The first kappa shape index (κ1) is 14.6. The van der Waals surface area contributed by atoms with Crippen molar-refractivity contribution < 1.29 is 4.74 Å². The van der Waals surface area contributed by atoms with E-state index < -0.39 is 0 Å². The van der Waals surface area contributed by atoms with Crippen LogP contribution >= 0.6 is 15.9 Å². The Morgan fingerprint density at radius 3 is 2.00 bits per heavy atom. The zero-order valence-electron chi connectivity index (χ0n) is 10.9. The highest BCUT2D eigenvalue weighted by molar-refractivity contribution is 9.10. The Bertz CT molecular complexity index is 286. The maximum absolute atomic E-state index is 6.05. The van der Waals surface area contributed by atoms with Crippen LogP contribution in [0.15, 0.2) is 28.7 Å². The number of rotatable bonds is 8. The number of hydrogen-bond acceptors (Lipinski definition) is 1. The van der Waals surface area contributed by atoms with Crippen LogP contribution in [0.5, 0.6) is 5.75 Å². The second kappa shape index (κ2) is 8.57. The van der Waals surface area contributed by atoms with Crippen LogP contribution in [-0.4, -0.2) is 6.10 Å². The Hall–Kier alpha value is -0.500. The summed E-state index contributed by atoms with van der Waals surface area (Å²) >= 11 is 3.44. The molecule has 0 N–H and O–H groups in total. The van der Waals surface area contributed by atoms with Crippen LogP contribution in [0.25, 0.3) is 0 Å². The topological polar surface area (TPSA) is 9.23 Å². The van der Waals surface area contributed by atoms with Crippen LogP contribution < -0.4 is 4.74 Å². The molecule has 17 heavy (non-hydrogen) atoms. The van der Waals surface area contributed by atoms with E-state index in [0.29, 0.717) is 6.10 Å². The third kappa shape index (κ3) is 6.11. The molecule has 0 aliphatic carbocycles. The van der Waals surface area contributed by atoms with E-state index in [0.717, 1.165) is 10.2 Å². The predicted octanol–water partition coefficient (Wildman–Crippen LogP) is 5.58. The average molecular weight is 299 g/mol. The minimum atomic E-state index is 0.385. The summed E-state index contributed by atoms with van der Waals surface area (Å²) in [7, 11) is 0. The maximum Gasteiger partial charge on any atom is 0.119 e. The lowest BCUT2D eigenvalue weighted by atomic mass is 10.1. The number of ether oxygens (including phenoxy) is 1. The van der Waals surface area contributed by atoms with Crippen LogP contribution in [-0.2, 0) is 0 Å². The van der Waals surface area contributed by atoms with Gasteiger partial charge in [0.25, 0.3) is 0 Å². The van der Waals surface area contributed by atoms with Crippen LogP contribution in [0, 0.1) is 0 Å². The molecule has 0 aromatic heterocycles. The molecule has 0 fully saturated rings. The van der Waals surface area contributed by atoms with Crippen molar-refractivity contribution in [2.45, 2.75) is 58.5 Å². The summed E-state index contributed by atoms with van der Waals surface area (Å²) in [6.07, 6.45) is 7.73. The molecule has 1 rings (SSSR count). The zero-order valence-corrected chi connectivity index (χ0v) is 12.5. The van der Waals surface area contributed by atoms with Crippen molar-refractivity contribution >= 4 is 15.9 Å². The van der Waals surface area contributed by atoms with Crippen molar-refractivity contribution in [2.75, 3.05) is 0 Å². The summed E-state index contributed by atoms with van der Waals surface area (Å²) in [6.45, 7) is 4.47. The molecule has 1 nitrogen and oxygen atoms in total. The van der Waals surface area contributed by atoms with Gasteiger partial charge in [-0.2, -0.15) is 0 Å². The molecule has 0 spiro atoms. The van der Waals surface area contributed by atoms with Gasteiger partial charge in [0.1, 0.15) is 5.75 Å². The normalized spacial score (nSPS) is 10.8. The second-order valence-electron chi connectivity index (χ2n) is 4.48. The highest BCUT2D eigenvalue weighted by Gasteiger charge is 2.09. The highest BCUT2D eigenvalue weighted by Crippen LogP contribution is 2.20. The van der Waals surface area contributed by atoms with Gasteiger partial charge in [-0.05, 0) is 37.1 Å². The van der Waals surface area contributed by atoms with Gasteiger partial charge in [-0.25, -0.2) is 0 Å². The molecule has 0 aliphatic heterocycles. The summed E-state index contributed by atoms with van der Waals surface area (Å²) in [4.78, 5) is 0. The Labute approximate surface area is 114 Å². The molecule has 2 heteroatoms. The fraction of sp³-hybridized carbons (Fsp3) is 0.600. The van der Waals surface area contributed by atoms with Gasteiger partial charge in [-0.3, -0.25) is 0 Å². The highest BCUT2D eigenvalue weighted by atomic mass is 79.9. The van der Waals surface area contributed by atoms with Crippen molar-refractivity contribution in [3.8, 4) is 5.75 Å². The molecule has 0 radical (unpaired) electrons. The minimum Gasteiger partial charge on any atom is -0.490 e. The van der Waals surface area contributed by atoms with Crippen molar-refractivity contribution in [2.24, 2.45) is 0 Å². The Balaban J connectivity index is 2.48. The monoisotopic (exact) mass is 298 g/mol. The Kier molecular flexibility index (Phi) is 7.34. The molecule has 0 atom stereocenters. The van der Waals surface area contributed by atoms with Crippen molar-refractivity contribution in [1.29, 1.82) is 0 Å². The molecule has 0 saturated heterocycles. The third-order valence-corrected chi connectivity index (χ3v) is 3.40. The lowest BCUT2D eigenvalue weighted by Crippen LogP contribution is -2.16. The average Bonchev–Trinajstić information content (AvgIpc) is 2.35. The molecule has 0 unspecified atom stereocenters. The van der Waals surface area contributed by atoms with E-state index in [1.54, 1.807) is 0 Å². The van der Waals surface area contributed by atoms with Gasteiger partial charge in [-0.1, -0.05) is 55.5 Å². The quantitative estimate of drug-likeness (QED) is 0.609. The fourth-order valence-corrected chi connectivity index (χ4v) is 2.10. The van der Waals surface area contributed by atoms with Crippen molar-refractivity contribution in [3.63, 3.8) is 0 Å². The van der Waals surface area contributed by atoms with Gasteiger partial charge in [0.05, 0.1) is 6.10 Å². The minimum absolute atomic E-state index is 0.385. The second-order valence-corrected chi connectivity index (χ2v) is 5.39. The number of halogens is 1. The van der Waals surface area contributed by atoms with Gasteiger partial charge in [0.15, 0.2) is 0 Å². The van der Waals surface area contributed by atoms with Gasteiger partial charge in [0.2, 0.25) is 0 Å². The van der Waals surface area contributed by atoms with Gasteiger partial charge < -0.3 is 4.74 Å². The van der Waals surface area contributed by atoms with E-state index >= 15 is 0 Å². The molecular weight excluding hydrogens is 276 g/mol. The SMILES string of the molecule is CCCCC(CCCC)Oc1ccc(Br)cc1. The molecule has 0 saturated carbocycles. The molecule has 0 heterocycles. The van der Waals surface area contributed by atoms with E-state index in [2.05, 4.69) is 29.8 Å².